The maximum Gasteiger partial charge on any atom is 0.267 e. The van der Waals surface area contributed by atoms with E-state index >= 15 is 0 Å². The van der Waals surface area contributed by atoms with Crippen LogP contribution in [0.15, 0.2) is 47.3 Å². The van der Waals surface area contributed by atoms with Gasteiger partial charge in [-0.05, 0) is 44.2 Å². The summed E-state index contributed by atoms with van der Waals surface area (Å²) in [5, 5.41) is 19.4. The third-order valence-corrected chi connectivity index (χ3v) is 5.98. The predicted molar refractivity (Wildman–Crippen MR) is 134 cm³/mol. The zero-order valence-corrected chi connectivity index (χ0v) is 20.8. The molecule has 3 aromatic rings. The fourth-order valence-corrected chi connectivity index (χ4v) is 4.26. The molecule has 0 radical (unpaired) electrons. The van der Waals surface area contributed by atoms with Crippen LogP contribution in [-0.2, 0) is 11.3 Å². The summed E-state index contributed by atoms with van der Waals surface area (Å²) in [7, 11) is 0. The van der Waals surface area contributed by atoms with E-state index in [2.05, 4.69) is 20.7 Å². The number of aromatic nitrogens is 3. The minimum Gasteiger partial charge on any atom is -0.336 e. The third kappa shape index (κ3) is 6.17. The van der Waals surface area contributed by atoms with Gasteiger partial charge in [0, 0.05) is 42.4 Å². The zero-order valence-electron chi connectivity index (χ0n) is 20.0. The molecule has 1 aliphatic rings. The summed E-state index contributed by atoms with van der Waals surface area (Å²) in [6.45, 7) is 4.47. The number of halogens is 2. The van der Waals surface area contributed by atoms with Gasteiger partial charge in [-0.1, -0.05) is 17.7 Å². The van der Waals surface area contributed by atoms with Crippen LogP contribution in [0.1, 0.15) is 29.9 Å². The van der Waals surface area contributed by atoms with Gasteiger partial charge in [0.05, 0.1) is 10.7 Å². The molecule has 1 aliphatic heterocycles. The first kappa shape index (κ1) is 25.9. The summed E-state index contributed by atoms with van der Waals surface area (Å²) in [6.07, 6.45) is 0. The maximum absolute atomic E-state index is 13.9. The Hall–Kier alpha value is -4.14. The number of amides is 2. The maximum atomic E-state index is 13.9. The van der Waals surface area contributed by atoms with Crippen LogP contribution in [0.4, 0.5) is 10.2 Å². The van der Waals surface area contributed by atoms with E-state index in [1.165, 1.54) is 36.4 Å². The lowest BCUT2D eigenvalue weighted by molar-refractivity contribution is -0.117. The van der Waals surface area contributed by atoms with Crippen molar-refractivity contribution in [1.29, 1.82) is 5.26 Å². The minimum absolute atomic E-state index is 0.00685. The van der Waals surface area contributed by atoms with Gasteiger partial charge in [0.2, 0.25) is 5.91 Å². The van der Waals surface area contributed by atoms with Crippen LogP contribution in [0.25, 0.3) is 11.3 Å². The van der Waals surface area contributed by atoms with E-state index in [1.807, 2.05) is 19.9 Å². The number of benzene rings is 1. The van der Waals surface area contributed by atoms with Gasteiger partial charge in [0.15, 0.2) is 0 Å². The lowest BCUT2D eigenvalue weighted by Gasteiger charge is -2.36. The number of nitriles is 1. The van der Waals surface area contributed by atoms with E-state index in [0.717, 1.165) is 4.68 Å². The Labute approximate surface area is 216 Å². The number of hydrogen-bond acceptors (Lipinski definition) is 7. The molecule has 4 rings (SSSR count). The molecule has 2 N–H and O–H groups in total. The summed E-state index contributed by atoms with van der Waals surface area (Å²) < 4.78 is 14.8. The van der Waals surface area contributed by atoms with Gasteiger partial charge in [0.1, 0.15) is 29.9 Å². The molecule has 2 amide bonds. The van der Waals surface area contributed by atoms with Crippen molar-refractivity contribution in [1.82, 2.24) is 25.0 Å². The van der Waals surface area contributed by atoms with Crippen LogP contribution in [0.5, 0.6) is 0 Å². The zero-order chi connectivity index (χ0) is 26.7. The average molecular weight is 524 g/mol. The second-order valence-electron chi connectivity index (χ2n) is 8.81. The number of rotatable bonds is 5. The fourth-order valence-electron chi connectivity index (χ4n) is 4.14. The molecule has 10 nitrogen and oxygen atoms in total. The second-order valence-corrected chi connectivity index (χ2v) is 9.22. The van der Waals surface area contributed by atoms with Crippen molar-refractivity contribution in [3.05, 3.63) is 74.9 Å². The summed E-state index contributed by atoms with van der Waals surface area (Å²) in [4.78, 5) is 43.9. The number of anilines is 1. The Morgan fingerprint density at radius 3 is 2.59 bits per heavy atom. The SMILES string of the molecule is C[C@H]1CN(C(=O)c2cc(C#N)nc(NC(=O)Cn3nc(-c4ccc(Cl)c(F)c4)ccc3=O)c2)C[C@H](C)N1. The second kappa shape index (κ2) is 10.9. The number of hydrogen-bond donors (Lipinski definition) is 2. The molecule has 3 heterocycles. The van der Waals surface area contributed by atoms with Crippen LogP contribution < -0.4 is 16.2 Å². The van der Waals surface area contributed by atoms with Crippen molar-refractivity contribution in [2.24, 2.45) is 0 Å². The normalized spacial score (nSPS) is 17.2. The predicted octanol–water partition coefficient (Wildman–Crippen LogP) is 2.43. The summed E-state index contributed by atoms with van der Waals surface area (Å²) in [5.41, 5.74) is 0.258. The molecule has 2 atom stereocenters. The molecule has 0 aliphatic carbocycles. The van der Waals surface area contributed by atoms with Crippen LogP contribution in [0.2, 0.25) is 5.02 Å². The van der Waals surface area contributed by atoms with E-state index in [1.54, 1.807) is 11.0 Å². The number of carbonyl (C=O) groups is 2. The number of nitrogens with one attached hydrogen (secondary N) is 2. The average Bonchev–Trinajstić information content (AvgIpc) is 2.85. The first-order valence-electron chi connectivity index (χ1n) is 11.4. The van der Waals surface area contributed by atoms with Crippen LogP contribution in [0, 0.1) is 17.1 Å². The smallest absolute Gasteiger partial charge is 0.267 e. The highest BCUT2D eigenvalue weighted by atomic mass is 35.5. The Bertz CT molecular complexity index is 1460. The van der Waals surface area contributed by atoms with Crippen molar-refractivity contribution < 1.29 is 14.0 Å². The molecule has 0 saturated carbocycles. The van der Waals surface area contributed by atoms with Crippen LogP contribution in [0.3, 0.4) is 0 Å². The van der Waals surface area contributed by atoms with Crippen molar-refractivity contribution >= 4 is 29.2 Å². The molecule has 1 aromatic carbocycles. The highest BCUT2D eigenvalue weighted by Gasteiger charge is 2.26. The van der Waals surface area contributed by atoms with E-state index in [4.69, 9.17) is 11.6 Å². The van der Waals surface area contributed by atoms with E-state index in [9.17, 15) is 24.0 Å². The van der Waals surface area contributed by atoms with Gasteiger partial charge in [0.25, 0.3) is 11.5 Å². The monoisotopic (exact) mass is 523 g/mol. The number of piperazine rings is 1. The minimum atomic E-state index is -0.653. The molecular formula is C25H23ClFN7O3. The van der Waals surface area contributed by atoms with E-state index in [0.29, 0.717) is 18.7 Å². The lowest BCUT2D eigenvalue weighted by atomic mass is 10.1. The summed E-state index contributed by atoms with van der Waals surface area (Å²) in [6, 6.07) is 11.6. The quantitative estimate of drug-likeness (QED) is 0.524. The van der Waals surface area contributed by atoms with Crippen molar-refractivity contribution in [3.8, 4) is 17.3 Å². The topological polar surface area (TPSA) is 133 Å². The van der Waals surface area contributed by atoms with Crippen molar-refractivity contribution in [2.45, 2.75) is 32.5 Å². The Morgan fingerprint density at radius 2 is 1.92 bits per heavy atom. The fraction of sp³-hybridized carbons (Fsp3) is 0.280. The van der Waals surface area contributed by atoms with E-state index in [-0.39, 0.29) is 45.8 Å². The highest BCUT2D eigenvalue weighted by Crippen LogP contribution is 2.22. The Balaban J connectivity index is 1.53. The highest BCUT2D eigenvalue weighted by molar-refractivity contribution is 6.30. The van der Waals surface area contributed by atoms with Gasteiger partial charge in [-0.15, -0.1) is 0 Å². The molecule has 12 heteroatoms. The number of carbonyl (C=O) groups excluding carboxylic acids is 2. The summed E-state index contributed by atoms with van der Waals surface area (Å²) >= 11 is 5.72. The summed E-state index contributed by atoms with van der Waals surface area (Å²) in [5.74, 6) is -1.59. The molecule has 0 unspecified atom stereocenters. The first-order chi connectivity index (χ1) is 17.6. The number of pyridine rings is 1. The molecule has 190 valence electrons. The molecule has 1 fully saturated rings. The van der Waals surface area contributed by atoms with Gasteiger partial charge < -0.3 is 15.5 Å². The molecule has 0 spiro atoms. The Kier molecular flexibility index (Phi) is 7.61. The van der Waals surface area contributed by atoms with Crippen molar-refractivity contribution in [3.63, 3.8) is 0 Å². The standard InChI is InChI=1S/C25H23ClFN7O3/c1-14-11-33(12-15(2)29-14)25(37)17-7-18(10-28)30-22(9-17)31-23(35)13-34-24(36)6-5-21(32-34)16-3-4-19(26)20(27)8-16/h3-9,14-15,29H,11-13H2,1-2H3,(H,30,31,35)/t14-,15-/m0/s1. The number of nitrogens with zero attached hydrogens (tertiary/aromatic N) is 5. The van der Waals surface area contributed by atoms with Crippen LogP contribution >= 0.6 is 11.6 Å². The third-order valence-electron chi connectivity index (χ3n) is 5.67. The Morgan fingerprint density at radius 1 is 1.19 bits per heavy atom. The van der Waals surface area contributed by atoms with Gasteiger partial charge in [-0.3, -0.25) is 14.4 Å². The first-order valence-corrected chi connectivity index (χ1v) is 11.8. The molecule has 2 aromatic heterocycles. The van der Waals surface area contributed by atoms with Crippen LogP contribution in [-0.4, -0.2) is 56.7 Å². The van der Waals surface area contributed by atoms with Gasteiger partial charge >= 0.3 is 0 Å². The molecule has 1 saturated heterocycles. The molecule has 0 bridgehead atoms. The molecular weight excluding hydrogens is 501 g/mol. The molecule has 37 heavy (non-hydrogen) atoms. The van der Waals surface area contributed by atoms with E-state index < -0.39 is 23.8 Å². The lowest BCUT2D eigenvalue weighted by Crippen LogP contribution is -2.55. The van der Waals surface area contributed by atoms with Gasteiger partial charge in [-0.25, -0.2) is 14.1 Å². The van der Waals surface area contributed by atoms with Crippen molar-refractivity contribution in [2.75, 3.05) is 18.4 Å². The van der Waals surface area contributed by atoms with Gasteiger partial charge in [-0.2, -0.15) is 10.4 Å². The largest absolute Gasteiger partial charge is 0.336 e.